The third-order valence-corrected chi connectivity index (χ3v) is 5.84. The standard InChI is InChI=1S/C25H23N3O3/c1-25-15-21(20-12-5-6-13-22(20)31-25)27-24(30)28(25)19-11-7-10-18(14-19)23(29)26-16-17-8-3-2-4-9-17/h2-14,21H,15-16H2,1H3,(H,26,29)(H,27,30)/t21-,25+/m0/s1. The number of hydrogen-bond acceptors (Lipinski definition) is 3. The minimum absolute atomic E-state index is 0.101. The highest BCUT2D eigenvalue weighted by Crippen LogP contribution is 2.45. The highest BCUT2D eigenvalue weighted by atomic mass is 16.5. The molecular formula is C25H23N3O3. The maximum absolute atomic E-state index is 13.0. The molecule has 156 valence electrons. The van der Waals surface area contributed by atoms with Crippen LogP contribution in [-0.2, 0) is 6.54 Å². The van der Waals surface area contributed by atoms with Crippen LogP contribution in [0.2, 0.25) is 0 Å². The summed E-state index contributed by atoms with van der Waals surface area (Å²) >= 11 is 0. The normalized spacial score (nSPS) is 21.5. The Balaban J connectivity index is 1.40. The zero-order chi connectivity index (χ0) is 21.4. The number of urea groups is 1. The second-order valence-corrected chi connectivity index (χ2v) is 8.08. The van der Waals surface area contributed by atoms with Crippen molar-refractivity contribution < 1.29 is 14.3 Å². The van der Waals surface area contributed by atoms with Gasteiger partial charge in [0.25, 0.3) is 5.91 Å². The van der Waals surface area contributed by atoms with Crippen LogP contribution in [0.4, 0.5) is 10.5 Å². The zero-order valence-electron chi connectivity index (χ0n) is 17.2. The molecule has 2 atom stereocenters. The van der Waals surface area contributed by atoms with Crippen molar-refractivity contribution in [2.75, 3.05) is 4.90 Å². The Morgan fingerprint density at radius 1 is 1.10 bits per heavy atom. The molecule has 2 heterocycles. The molecule has 1 fully saturated rings. The first-order valence-electron chi connectivity index (χ1n) is 10.3. The number of amides is 3. The highest BCUT2D eigenvalue weighted by Gasteiger charge is 2.49. The molecule has 3 aromatic rings. The Kier molecular flexibility index (Phi) is 4.62. The van der Waals surface area contributed by atoms with Gasteiger partial charge in [0.2, 0.25) is 0 Å². The van der Waals surface area contributed by atoms with E-state index in [1.807, 2.05) is 67.6 Å². The summed E-state index contributed by atoms with van der Waals surface area (Å²) in [5.74, 6) is 0.573. The van der Waals surface area contributed by atoms with Gasteiger partial charge in [-0.25, -0.2) is 4.79 Å². The molecule has 3 aromatic carbocycles. The van der Waals surface area contributed by atoms with Crippen LogP contribution in [-0.4, -0.2) is 17.7 Å². The predicted molar refractivity (Wildman–Crippen MR) is 118 cm³/mol. The minimum Gasteiger partial charge on any atom is -0.467 e. The second-order valence-electron chi connectivity index (χ2n) is 8.08. The lowest BCUT2D eigenvalue weighted by Gasteiger charge is -2.50. The van der Waals surface area contributed by atoms with Crippen molar-refractivity contribution in [3.63, 3.8) is 0 Å². The van der Waals surface area contributed by atoms with Crippen LogP contribution < -0.4 is 20.3 Å². The molecule has 2 N–H and O–H groups in total. The molecule has 3 amide bonds. The smallest absolute Gasteiger partial charge is 0.325 e. The van der Waals surface area contributed by atoms with Crippen molar-refractivity contribution in [2.45, 2.75) is 31.7 Å². The fourth-order valence-corrected chi connectivity index (χ4v) is 4.38. The van der Waals surface area contributed by atoms with E-state index in [2.05, 4.69) is 10.6 Å². The topological polar surface area (TPSA) is 70.7 Å². The van der Waals surface area contributed by atoms with Gasteiger partial charge >= 0.3 is 6.03 Å². The molecule has 2 aliphatic heterocycles. The number of nitrogens with one attached hydrogen (secondary N) is 2. The maximum Gasteiger partial charge on any atom is 0.325 e. The van der Waals surface area contributed by atoms with Crippen molar-refractivity contribution >= 4 is 17.6 Å². The monoisotopic (exact) mass is 413 g/mol. The van der Waals surface area contributed by atoms with Gasteiger partial charge in [0.1, 0.15) is 5.75 Å². The molecular weight excluding hydrogens is 390 g/mol. The van der Waals surface area contributed by atoms with E-state index in [4.69, 9.17) is 4.74 Å². The van der Waals surface area contributed by atoms with E-state index in [0.29, 0.717) is 24.2 Å². The lowest BCUT2D eigenvalue weighted by Crippen LogP contribution is -2.65. The summed E-state index contributed by atoms with van der Waals surface area (Å²) < 4.78 is 6.30. The lowest BCUT2D eigenvalue weighted by atomic mass is 9.90. The Morgan fingerprint density at radius 2 is 1.87 bits per heavy atom. The number of para-hydroxylation sites is 1. The average molecular weight is 413 g/mol. The van der Waals surface area contributed by atoms with Crippen LogP contribution in [0.1, 0.15) is 40.9 Å². The van der Waals surface area contributed by atoms with Crippen LogP contribution in [0, 0.1) is 0 Å². The fraction of sp³-hybridized carbons (Fsp3) is 0.200. The molecule has 0 saturated carbocycles. The molecule has 1 saturated heterocycles. The molecule has 0 aliphatic carbocycles. The summed E-state index contributed by atoms with van der Waals surface area (Å²) in [4.78, 5) is 27.4. The van der Waals surface area contributed by atoms with Gasteiger partial charge in [-0.2, -0.15) is 0 Å². The quantitative estimate of drug-likeness (QED) is 0.667. The summed E-state index contributed by atoms with van der Waals surface area (Å²) in [5, 5.41) is 6.01. The van der Waals surface area contributed by atoms with Crippen molar-refractivity contribution in [1.29, 1.82) is 0 Å². The van der Waals surface area contributed by atoms with E-state index in [1.165, 1.54) is 0 Å². The van der Waals surface area contributed by atoms with E-state index < -0.39 is 5.72 Å². The number of carbonyl (C=O) groups excluding carboxylic acids is 2. The number of ether oxygens (including phenoxy) is 1. The number of hydrogen-bond donors (Lipinski definition) is 2. The third-order valence-electron chi connectivity index (χ3n) is 5.84. The molecule has 6 nitrogen and oxygen atoms in total. The molecule has 0 aromatic heterocycles. The number of rotatable bonds is 4. The minimum atomic E-state index is -0.847. The van der Waals surface area contributed by atoms with E-state index in [0.717, 1.165) is 16.9 Å². The van der Waals surface area contributed by atoms with Crippen LogP contribution in [0.3, 0.4) is 0 Å². The van der Waals surface area contributed by atoms with Gasteiger partial charge in [0.05, 0.1) is 11.7 Å². The molecule has 2 bridgehead atoms. The van der Waals surface area contributed by atoms with Crippen molar-refractivity contribution in [3.05, 3.63) is 95.6 Å². The Bertz CT molecular complexity index is 1150. The first kappa shape index (κ1) is 19.2. The first-order valence-corrected chi connectivity index (χ1v) is 10.3. The van der Waals surface area contributed by atoms with E-state index in [1.54, 1.807) is 23.1 Å². The molecule has 5 rings (SSSR count). The molecule has 0 radical (unpaired) electrons. The first-order chi connectivity index (χ1) is 15.0. The average Bonchev–Trinajstić information content (AvgIpc) is 2.78. The maximum atomic E-state index is 13.0. The SMILES string of the molecule is C[C@@]12C[C@H](NC(=O)N1c1cccc(C(=O)NCc3ccccc3)c1)c1ccccc1O2. The van der Waals surface area contributed by atoms with Crippen LogP contribution in [0.25, 0.3) is 0 Å². The largest absolute Gasteiger partial charge is 0.467 e. The van der Waals surface area contributed by atoms with E-state index in [-0.39, 0.29) is 18.0 Å². The van der Waals surface area contributed by atoms with Crippen molar-refractivity contribution in [1.82, 2.24) is 10.6 Å². The van der Waals surface area contributed by atoms with Gasteiger partial charge in [-0.1, -0.05) is 54.6 Å². The molecule has 0 unspecified atom stereocenters. The molecule has 31 heavy (non-hydrogen) atoms. The Labute approximate surface area is 180 Å². The summed E-state index contributed by atoms with van der Waals surface area (Å²) in [6.07, 6.45) is 0.611. The van der Waals surface area contributed by atoms with Gasteiger partial charge in [0, 0.05) is 24.1 Å². The summed E-state index contributed by atoms with van der Waals surface area (Å²) in [6.45, 7) is 2.35. The van der Waals surface area contributed by atoms with Crippen molar-refractivity contribution in [2.24, 2.45) is 0 Å². The van der Waals surface area contributed by atoms with Gasteiger partial charge in [0.15, 0.2) is 5.72 Å². The van der Waals surface area contributed by atoms with Gasteiger partial charge in [-0.3, -0.25) is 9.69 Å². The Hall–Kier alpha value is -3.80. The van der Waals surface area contributed by atoms with Gasteiger partial charge < -0.3 is 15.4 Å². The second kappa shape index (κ2) is 7.47. The molecule has 2 aliphatic rings. The van der Waals surface area contributed by atoms with Gasteiger partial charge in [-0.05, 0) is 36.8 Å². The number of fused-ring (bicyclic) bond motifs is 4. The molecule has 6 heteroatoms. The third kappa shape index (κ3) is 3.50. The van der Waals surface area contributed by atoms with Gasteiger partial charge in [-0.15, -0.1) is 0 Å². The van der Waals surface area contributed by atoms with E-state index >= 15 is 0 Å². The summed E-state index contributed by atoms with van der Waals surface area (Å²) in [6, 6.07) is 24.2. The number of anilines is 1. The predicted octanol–water partition coefficient (Wildman–Crippen LogP) is 4.39. The molecule has 0 spiro atoms. The highest BCUT2D eigenvalue weighted by molar-refractivity contribution is 5.99. The number of nitrogens with zero attached hydrogens (tertiary/aromatic N) is 1. The number of benzene rings is 3. The fourth-order valence-electron chi connectivity index (χ4n) is 4.38. The van der Waals surface area contributed by atoms with Crippen LogP contribution >= 0.6 is 0 Å². The Morgan fingerprint density at radius 3 is 2.71 bits per heavy atom. The van der Waals surface area contributed by atoms with Crippen LogP contribution in [0.15, 0.2) is 78.9 Å². The van der Waals surface area contributed by atoms with E-state index in [9.17, 15) is 9.59 Å². The zero-order valence-corrected chi connectivity index (χ0v) is 17.2. The van der Waals surface area contributed by atoms with Crippen LogP contribution in [0.5, 0.6) is 5.75 Å². The summed E-state index contributed by atoms with van der Waals surface area (Å²) in [5.41, 5.74) is 2.27. The number of carbonyl (C=O) groups is 2. The lowest BCUT2D eigenvalue weighted by molar-refractivity contribution is 0.0378. The summed E-state index contributed by atoms with van der Waals surface area (Å²) in [7, 11) is 0. The van der Waals surface area contributed by atoms with Crippen molar-refractivity contribution in [3.8, 4) is 5.75 Å².